The Balaban J connectivity index is 2.85. The Morgan fingerprint density at radius 3 is 2.73 bits per heavy atom. The van der Waals surface area contributed by atoms with E-state index in [1.807, 2.05) is 0 Å². The maximum Gasteiger partial charge on any atom is 0.250 e. The van der Waals surface area contributed by atoms with E-state index in [-0.39, 0.29) is 17.1 Å². The summed E-state index contributed by atoms with van der Waals surface area (Å²) in [6.45, 7) is 3.58. The smallest absolute Gasteiger partial charge is 0.250 e. The van der Waals surface area contributed by atoms with E-state index in [1.165, 1.54) is 6.33 Å². The first-order valence-corrected chi connectivity index (χ1v) is 3.60. The van der Waals surface area contributed by atoms with Gasteiger partial charge in [-0.1, -0.05) is 13.8 Å². The lowest BCUT2D eigenvalue weighted by atomic mass is 10.2. The highest BCUT2D eigenvalue weighted by molar-refractivity contribution is 6.28. The van der Waals surface area contributed by atoms with Crippen LogP contribution in [0.15, 0.2) is 6.33 Å². The molecule has 0 unspecified atom stereocenters. The summed E-state index contributed by atoms with van der Waals surface area (Å²) in [6, 6.07) is 0. The summed E-state index contributed by atoms with van der Waals surface area (Å²) in [5.41, 5.74) is 0. The highest BCUT2D eigenvalue weighted by Crippen LogP contribution is 2.01. The number of aromatic nitrogens is 3. The predicted octanol–water partition coefficient (Wildman–Crippen LogP) is 1.23. The number of carbonyl (C=O) groups excluding carboxylic acids is 1. The second kappa shape index (κ2) is 3.00. The molecule has 0 radical (unpaired) electrons. The van der Waals surface area contributed by atoms with Gasteiger partial charge in [-0.25, -0.2) is 4.98 Å². The average molecular weight is 174 g/mol. The largest absolute Gasteiger partial charge is 0.272 e. The minimum atomic E-state index is -0.107. The molecule has 0 aliphatic carbocycles. The summed E-state index contributed by atoms with van der Waals surface area (Å²) in [5.74, 6) is -0.197. The highest BCUT2D eigenvalue weighted by Gasteiger charge is 2.10. The molecule has 0 fully saturated rings. The highest BCUT2D eigenvalue weighted by atomic mass is 35.5. The van der Waals surface area contributed by atoms with Crippen molar-refractivity contribution in [2.45, 2.75) is 13.8 Å². The normalized spacial score (nSPS) is 10.5. The lowest BCUT2D eigenvalue weighted by Gasteiger charge is -2.00. The molecule has 4 nitrogen and oxygen atoms in total. The lowest BCUT2D eigenvalue weighted by Crippen LogP contribution is -2.17. The first-order chi connectivity index (χ1) is 5.11. The Hall–Kier alpha value is -0.900. The van der Waals surface area contributed by atoms with Crippen molar-refractivity contribution in [3.63, 3.8) is 0 Å². The lowest BCUT2D eigenvalue weighted by molar-refractivity contribution is 0.0838. The summed E-state index contributed by atoms with van der Waals surface area (Å²) in [5, 5.41) is 3.75. The van der Waals surface area contributed by atoms with E-state index in [1.54, 1.807) is 13.8 Å². The first-order valence-electron chi connectivity index (χ1n) is 3.22. The molecular weight excluding hydrogens is 166 g/mol. The van der Waals surface area contributed by atoms with Crippen LogP contribution in [-0.2, 0) is 0 Å². The third-order valence-electron chi connectivity index (χ3n) is 1.18. The van der Waals surface area contributed by atoms with Gasteiger partial charge in [0.25, 0.3) is 5.91 Å². The van der Waals surface area contributed by atoms with E-state index in [4.69, 9.17) is 11.6 Å². The molecule has 11 heavy (non-hydrogen) atoms. The van der Waals surface area contributed by atoms with Gasteiger partial charge in [0.05, 0.1) is 0 Å². The molecule has 0 aromatic carbocycles. The van der Waals surface area contributed by atoms with Crippen LogP contribution in [0.2, 0.25) is 5.28 Å². The fourth-order valence-electron chi connectivity index (χ4n) is 0.614. The van der Waals surface area contributed by atoms with Gasteiger partial charge in [0.15, 0.2) is 0 Å². The van der Waals surface area contributed by atoms with Crippen molar-refractivity contribution < 1.29 is 4.79 Å². The predicted molar refractivity (Wildman–Crippen MR) is 40.5 cm³/mol. The van der Waals surface area contributed by atoms with Gasteiger partial charge in [0.1, 0.15) is 6.33 Å². The van der Waals surface area contributed by atoms with Crippen LogP contribution in [0.25, 0.3) is 0 Å². The van der Waals surface area contributed by atoms with E-state index >= 15 is 0 Å². The molecule has 60 valence electrons. The van der Waals surface area contributed by atoms with Crippen molar-refractivity contribution in [1.29, 1.82) is 0 Å². The summed E-state index contributed by atoms with van der Waals surface area (Å²) in [7, 11) is 0. The summed E-state index contributed by atoms with van der Waals surface area (Å²) >= 11 is 5.41. The van der Waals surface area contributed by atoms with Crippen molar-refractivity contribution in [2.24, 2.45) is 5.92 Å². The van der Waals surface area contributed by atoms with Crippen molar-refractivity contribution in [3.05, 3.63) is 11.6 Å². The third kappa shape index (κ3) is 1.77. The van der Waals surface area contributed by atoms with E-state index in [2.05, 4.69) is 10.1 Å². The van der Waals surface area contributed by atoms with Gasteiger partial charge in [0.2, 0.25) is 5.28 Å². The Kier molecular flexibility index (Phi) is 2.24. The first kappa shape index (κ1) is 8.20. The number of halogens is 1. The van der Waals surface area contributed by atoms with Crippen molar-refractivity contribution in [1.82, 2.24) is 14.8 Å². The molecule has 5 heteroatoms. The van der Waals surface area contributed by atoms with Crippen LogP contribution in [0.3, 0.4) is 0 Å². The molecule has 0 saturated carbocycles. The minimum absolute atomic E-state index is 0.0900. The van der Waals surface area contributed by atoms with Crippen LogP contribution in [0.5, 0.6) is 0 Å². The van der Waals surface area contributed by atoms with Crippen LogP contribution in [-0.4, -0.2) is 20.7 Å². The quantitative estimate of drug-likeness (QED) is 0.642. The second-order valence-corrected chi connectivity index (χ2v) is 2.79. The van der Waals surface area contributed by atoms with Crippen LogP contribution in [0.1, 0.15) is 18.6 Å². The minimum Gasteiger partial charge on any atom is -0.272 e. The molecule has 0 atom stereocenters. The standard InChI is InChI=1S/C6H8ClN3O/c1-4(2)5(11)10-3-8-6(7)9-10/h3-4H,1-2H3. The number of hydrogen-bond acceptors (Lipinski definition) is 3. The molecule has 0 saturated heterocycles. The summed E-state index contributed by atoms with van der Waals surface area (Å²) < 4.78 is 1.15. The Morgan fingerprint density at radius 1 is 1.73 bits per heavy atom. The van der Waals surface area contributed by atoms with Crippen LogP contribution in [0, 0.1) is 5.92 Å². The number of nitrogens with zero attached hydrogens (tertiary/aromatic N) is 3. The van der Waals surface area contributed by atoms with Gasteiger partial charge in [-0.05, 0) is 11.6 Å². The molecule has 0 amide bonds. The molecule has 1 aromatic heterocycles. The van der Waals surface area contributed by atoms with E-state index < -0.39 is 0 Å². The van der Waals surface area contributed by atoms with Crippen LogP contribution >= 0.6 is 11.6 Å². The van der Waals surface area contributed by atoms with Gasteiger partial charge < -0.3 is 0 Å². The zero-order chi connectivity index (χ0) is 8.43. The maximum absolute atomic E-state index is 11.2. The fourth-order valence-corrected chi connectivity index (χ4v) is 0.739. The SMILES string of the molecule is CC(C)C(=O)n1cnc(Cl)n1. The number of carbonyl (C=O) groups is 1. The molecule has 0 spiro atoms. The molecule has 1 aromatic rings. The van der Waals surface area contributed by atoms with E-state index in [0.29, 0.717) is 0 Å². The summed E-state index contributed by atoms with van der Waals surface area (Å²) in [4.78, 5) is 14.8. The van der Waals surface area contributed by atoms with Crippen molar-refractivity contribution >= 4 is 17.5 Å². The molecule has 0 aliphatic heterocycles. The molecule has 0 aliphatic rings. The maximum atomic E-state index is 11.2. The molecular formula is C6H8ClN3O. The zero-order valence-corrected chi connectivity index (χ0v) is 7.04. The molecule has 1 heterocycles. The average Bonchev–Trinajstić information content (AvgIpc) is 2.34. The van der Waals surface area contributed by atoms with Gasteiger partial charge in [-0.2, -0.15) is 4.68 Å². The fraction of sp³-hybridized carbons (Fsp3) is 0.500. The summed E-state index contributed by atoms with van der Waals surface area (Å²) in [6.07, 6.45) is 1.31. The Labute approximate surface area is 69.2 Å². The Morgan fingerprint density at radius 2 is 2.36 bits per heavy atom. The van der Waals surface area contributed by atoms with Crippen molar-refractivity contribution in [2.75, 3.05) is 0 Å². The van der Waals surface area contributed by atoms with E-state index in [0.717, 1.165) is 4.68 Å². The second-order valence-electron chi connectivity index (χ2n) is 2.45. The molecule has 0 N–H and O–H groups in total. The van der Waals surface area contributed by atoms with Gasteiger partial charge in [-0.3, -0.25) is 4.79 Å². The molecule has 1 rings (SSSR count). The monoisotopic (exact) mass is 173 g/mol. The zero-order valence-electron chi connectivity index (χ0n) is 6.28. The van der Waals surface area contributed by atoms with E-state index in [9.17, 15) is 4.79 Å². The Bertz CT molecular complexity index is 269. The van der Waals surface area contributed by atoms with Gasteiger partial charge in [0, 0.05) is 5.92 Å². The van der Waals surface area contributed by atoms with Crippen LogP contribution < -0.4 is 0 Å². The topological polar surface area (TPSA) is 47.8 Å². The number of rotatable bonds is 1. The molecule has 0 bridgehead atoms. The van der Waals surface area contributed by atoms with Crippen molar-refractivity contribution in [3.8, 4) is 0 Å². The van der Waals surface area contributed by atoms with Crippen LogP contribution in [0.4, 0.5) is 0 Å². The third-order valence-corrected chi connectivity index (χ3v) is 1.36. The van der Waals surface area contributed by atoms with Gasteiger partial charge >= 0.3 is 0 Å². The van der Waals surface area contributed by atoms with Gasteiger partial charge in [-0.15, -0.1) is 5.10 Å². The number of hydrogen-bond donors (Lipinski definition) is 0.